The van der Waals surface area contributed by atoms with Crippen LogP contribution < -0.4 is 10.6 Å². The van der Waals surface area contributed by atoms with Crippen molar-refractivity contribution in [2.75, 3.05) is 26.2 Å². The van der Waals surface area contributed by atoms with Gasteiger partial charge in [-0.1, -0.05) is 20.3 Å². The molecule has 0 aromatic heterocycles. The van der Waals surface area contributed by atoms with E-state index in [-0.39, 0.29) is 0 Å². The molecule has 0 spiro atoms. The van der Waals surface area contributed by atoms with Gasteiger partial charge < -0.3 is 10.6 Å². The van der Waals surface area contributed by atoms with Crippen molar-refractivity contribution >= 4 is 0 Å². The van der Waals surface area contributed by atoms with Gasteiger partial charge in [-0.15, -0.1) is 0 Å². The molecule has 0 radical (unpaired) electrons. The van der Waals surface area contributed by atoms with Crippen molar-refractivity contribution in [1.82, 2.24) is 10.6 Å². The molecule has 0 bridgehead atoms. The van der Waals surface area contributed by atoms with E-state index in [0.29, 0.717) is 5.41 Å². The smallest absolute Gasteiger partial charge is 0.00436 e. The average molecular weight is 184 g/mol. The first kappa shape index (κ1) is 11.0. The minimum Gasteiger partial charge on any atom is -0.317 e. The lowest BCUT2D eigenvalue weighted by Gasteiger charge is -2.37. The van der Waals surface area contributed by atoms with Crippen molar-refractivity contribution in [3.63, 3.8) is 0 Å². The number of piperidine rings is 1. The second-order valence-corrected chi connectivity index (χ2v) is 4.21. The molecule has 1 heterocycles. The van der Waals surface area contributed by atoms with E-state index < -0.39 is 0 Å². The maximum atomic E-state index is 3.44. The molecule has 1 saturated heterocycles. The monoisotopic (exact) mass is 184 g/mol. The number of hydrogen-bond donors (Lipinski definition) is 2. The second kappa shape index (κ2) is 5.61. The molecule has 0 aromatic rings. The molecule has 0 amide bonds. The Kier molecular flexibility index (Phi) is 4.74. The van der Waals surface area contributed by atoms with Crippen LogP contribution in [0.2, 0.25) is 0 Å². The first-order valence-electron chi connectivity index (χ1n) is 5.74. The summed E-state index contributed by atoms with van der Waals surface area (Å²) in [4.78, 5) is 0. The molecule has 0 saturated carbocycles. The summed E-state index contributed by atoms with van der Waals surface area (Å²) in [6, 6.07) is 0. The molecular formula is C11H24N2. The van der Waals surface area contributed by atoms with Gasteiger partial charge in [-0.3, -0.25) is 0 Å². The van der Waals surface area contributed by atoms with Crippen LogP contribution in [0.4, 0.5) is 0 Å². The first-order valence-corrected chi connectivity index (χ1v) is 5.74. The summed E-state index contributed by atoms with van der Waals surface area (Å²) >= 11 is 0. The minimum absolute atomic E-state index is 0.646. The van der Waals surface area contributed by atoms with Crippen LogP contribution in [0.5, 0.6) is 0 Å². The highest BCUT2D eigenvalue weighted by molar-refractivity contribution is 4.83. The molecule has 1 rings (SSSR count). The van der Waals surface area contributed by atoms with E-state index in [9.17, 15) is 0 Å². The zero-order chi connectivity index (χ0) is 9.57. The van der Waals surface area contributed by atoms with E-state index in [1.54, 1.807) is 0 Å². The Balaban J connectivity index is 2.29. The summed E-state index contributed by atoms with van der Waals surface area (Å²) in [6.07, 6.45) is 5.45. The maximum Gasteiger partial charge on any atom is -0.00436 e. The van der Waals surface area contributed by atoms with Crippen LogP contribution in [-0.2, 0) is 0 Å². The van der Waals surface area contributed by atoms with Crippen LogP contribution in [-0.4, -0.2) is 26.2 Å². The summed E-state index contributed by atoms with van der Waals surface area (Å²) in [6.45, 7) is 9.28. The molecule has 0 unspecified atom stereocenters. The Bertz CT molecular complexity index is 128. The average Bonchev–Trinajstić information content (AvgIpc) is 2.20. The van der Waals surface area contributed by atoms with Crippen molar-refractivity contribution in [2.45, 2.75) is 39.5 Å². The lowest BCUT2D eigenvalue weighted by Crippen LogP contribution is -2.38. The van der Waals surface area contributed by atoms with Crippen molar-refractivity contribution in [3.05, 3.63) is 0 Å². The standard InChI is InChI=1S/C11H24N2/c1-3-11(5-8-12-4-2)6-9-13-10-7-11/h12-13H,3-10H2,1-2H3. The van der Waals surface area contributed by atoms with E-state index in [1.807, 2.05) is 0 Å². The molecule has 2 heteroatoms. The molecule has 13 heavy (non-hydrogen) atoms. The summed E-state index contributed by atoms with van der Waals surface area (Å²) in [5.41, 5.74) is 0.646. The quantitative estimate of drug-likeness (QED) is 0.636. The lowest BCUT2D eigenvalue weighted by molar-refractivity contribution is 0.176. The van der Waals surface area contributed by atoms with Crippen LogP contribution in [0.1, 0.15) is 39.5 Å². The molecular weight excluding hydrogens is 160 g/mol. The molecule has 2 nitrogen and oxygen atoms in total. The second-order valence-electron chi connectivity index (χ2n) is 4.21. The van der Waals surface area contributed by atoms with Gasteiger partial charge in [0.05, 0.1) is 0 Å². The summed E-state index contributed by atoms with van der Waals surface area (Å²) in [5, 5.41) is 6.88. The molecule has 2 N–H and O–H groups in total. The highest BCUT2D eigenvalue weighted by atomic mass is 14.9. The van der Waals surface area contributed by atoms with E-state index in [2.05, 4.69) is 24.5 Å². The molecule has 0 atom stereocenters. The molecule has 1 fully saturated rings. The van der Waals surface area contributed by atoms with Crippen LogP contribution in [0.15, 0.2) is 0 Å². The zero-order valence-electron chi connectivity index (χ0n) is 9.16. The van der Waals surface area contributed by atoms with Crippen molar-refractivity contribution in [2.24, 2.45) is 5.41 Å². The summed E-state index contributed by atoms with van der Waals surface area (Å²) < 4.78 is 0. The Morgan fingerprint density at radius 3 is 2.46 bits per heavy atom. The molecule has 0 aromatic carbocycles. The zero-order valence-corrected chi connectivity index (χ0v) is 9.16. The third kappa shape index (κ3) is 3.28. The van der Waals surface area contributed by atoms with Gasteiger partial charge in [0.25, 0.3) is 0 Å². The Morgan fingerprint density at radius 2 is 1.92 bits per heavy atom. The third-order valence-corrected chi connectivity index (χ3v) is 3.50. The van der Waals surface area contributed by atoms with E-state index in [0.717, 1.165) is 6.54 Å². The largest absolute Gasteiger partial charge is 0.317 e. The summed E-state index contributed by atoms with van der Waals surface area (Å²) in [7, 11) is 0. The van der Waals surface area contributed by atoms with E-state index in [4.69, 9.17) is 0 Å². The van der Waals surface area contributed by atoms with Gasteiger partial charge in [0.1, 0.15) is 0 Å². The highest BCUT2D eigenvalue weighted by Crippen LogP contribution is 2.35. The first-order chi connectivity index (χ1) is 6.33. The van der Waals surface area contributed by atoms with Gasteiger partial charge in [-0.25, -0.2) is 0 Å². The van der Waals surface area contributed by atoms with Gasteiger partial charge >= 0.3 is 0 Å². The fourth-order valence-corrected chi connectivity index (χ4v) is 2.27. The number of rotatable bonds is 5. The van der Waals surface area contributed by atoms with Crippen LogP contribution in [0, 0.1) is 5.41 Å². The number of nitrogens with one attached hydrogen (secondary N) is 2. The Morgan fingerprint density at radius 1 is 1.23 bits per heavy atom. The minimum atomic E-state index is 0.646. The van der Waals surface area contributed by atoms with Crippen LogP contribution in [0.25, 0.3) is 0 Å². The SMILES string of the molecule is CCNCCC1(CC)CCNCC1. The molecule has 1 aliphatic heterocycles. The van der Waals surface area contributed by atoms with Gasteiger partial charge in [-0.2, -0.15) is 0 Å². The number of hydrogen-bond acceptors (Lipinski definition) is 2. The predicted octanol–water partition coefficient (Wildman–Crippen LogP) is 1.77. The van der Waals surface area contributed by atoms with Gasteiger partial charge in [-0.05, 0) is 50.9 Å². The molecule has 1 aliphatic rings. The lowest BCUT2D eigenvalue weighted by atomic mass is 9.74. The van der Waals surface area contributed by atoms with E-state index in [1.165, 1.54) is 45.3 Å². The summed E-state index contributed by atoms with van der Waals surface area (Å²) in [5.74, 6) is 0. The Hall–Kier alpha value is -0.0800. The van der Waals surface area contributed by atoms with Crippen molar-refractivity contribution < 1.29 is 0 Å². The fourth-order valence-electron chi connectivity index (χ4n) is 2.27. The molecule has 78 valence electrons. The maximum absolute atomic E-state index is 3.44. The fraction of sp³-hybridized carbons (Fsp3) is 1.00. The van der Waals surface area contributed by atoms with E-state index >= 15 is 0 Å². The normalized spacial score (nSPS) is 21.7. The highest BCUT2D eigenvalue weighted by Gasteiger charge is 2.28. The van der Waals surface area contributed by atoms with Gasteiger partial charge in [0, 0.05) is 0 Å². The third-order valence-electron chi connectivity index (χ3n) is 3.50. The van der Waals surface area contributed by atoms with Crippen molar-refractivity contribution in [3.8, 4) is 0 Å². The topological polar surface area (TPSA) is 24.1 Å². The van der Waals surface area contributed by atoms with Gasteiger partial charge in [0.15, 0.2) is 0 Å². The van der Waals surface area contributed by atoms with Crippen molar-refractivity contribution in [1.29, 1.82) is 0 Å². The molecule has 0 aliphatic carbocycles. The van der Waals surface area contributed by atoms with Gasteiger partial charge in [0.2, 0.25) is 0 Å². The van der Waals surface area contributed by atoms with Crippen LogP contribution in [0.3, 0.4) is 0 Å². The van der Waals surface area contributed by atoms with Crippen LogP contribution >= 0.6 is 0 Å². The Labute approximate surface area is 82.5 Å². The predicted molar refractivity (Wildman–Crippen MR) is 58.0 cm³/mol.